The van der Waals surface area contributed by atoms with E-state index in [1.54, 1.807) is 24.3 Å². The number of nitrogens with zero attached hydrogens (tertiary/aromatic N) is 7. The summed E-state index contributed by atoms with van der Waals surface area (Å²) in [6, 6.07) is 78.6. The van der Waals surface area contributed by atoms with Gasteiger partial charge in [0, 0.05) is 49.6 Å². The lowest BCUT2D eigenvalue weighted by Gasteiger charge is -2.12. The van der Waals surface area contributed by atoms with Gasteiger partial charge < -0.3 is 9.13 Å². The molecule has 0 unspecified atom stereocenters. The van der Waals surface area contributed by atoms with Gasteiger partial charge in [0.05, 0.1) is 68.4 Å². The fourth-order valence-electron chi connectivity index (χ4n) is 9.55. The SMILES string of the molecule is N#Cc1ccc(-c2cc(-c3ccc(-c4ccc(-c5ccc(-n6c7ccccc7c7cc(-n8c9ccccc9c9ccccc98)ccc76)cc5)cc4C#N)cc3)nc(-c3ccc(C#N)cc3)n2)cc1. The van der Waals surface area contributed by atoms with Crippen LogP contribution in [0.25, 0.3) is 111 Å². The predicted molar refractivity (Wildman–Crippen MR) is 272 cm³/mol. The quantitative estimate of drug-likeness (QED) is 0.159. The Morgan fingerprint density at radius 3 is 1.32 bits per heavy atom. The third-order valence-corrected chi connectivity index (χ3v) is 12.9. The molecule has 0 N–H and O–H groups in total. The van der Waals surface area contributed by atoms with E-state index in [-0.39, 0.29) is 0 Å². The Hall–Kier alpha value is -9.87. The molecule has 0 aliphatic rings. The summed E-state index contributed by atoms with van der Waals surface area (Å²) >= 11 is 0. The van der Waals surface area contributed by atoms with Crippen LogP contribution in [0, 0.1) is 34.0 Å². The molecule has 12 rings (SSSR count). The van der Waals surface area contributed by atoms with Crippen LogP contribution in [0.4, 0.5) is 0 Å². The molecule has 7 nitrogen and oxygen atoms in total. The molecule has 0 amide bonds. The number of benzene rings is 9. The lowest BCUT2D eigenvalue weighted by atomic mass is 9.94. The fourth-order valence-corrected chi connectivity index (χ4v) is 9.55. The molecule has 0 saturated heterocycles. The summed E-state index contributed by atoms with van der Waals surface area (Å²) in [7, 11) is 0. The van der Waals surface area contributed by atoms with E-state index in [2.05, 4.69) is 149 Å². The van der Waals surface area contributed by atoms with Crippen LogP contribution in [0.15, 0.2) is 212 Å². The van der Waals surface area contributed by atoms with Gasteiger partial charge >= 0.3 is 0 Å². The smallest absolute Gasteiger partial charge is 0.160 e. The van der Waals surface area contributed by atoms with Gasteiger partial charge in [-0.25, -0.2) is 9.97 Å². The average Bonchev–Trinajstić information content (AvgIpc) is 3.93. The lowest BCUT2D eigenvalue weighted by molar-refractivity contribution is 1.17. The standard InChI is InChI=1S/C61H35N7/c62-36-39-13-17-43(18-14-39)55-35-56(66-61(65-55)45-19-15-40(37-63)16-20-45)44-23-21-42(22-24-44)50-31-27-46(33-47(50)38-64)41-25-28-48(29-26-41)67-59-12-6-3-9-53(59)54-34-49(30-32-60(54)67)68-57-10-4-1-7-51(57)52-8-2-5-11-58(52)68/h1-35H. The van der Waals surface area contributed by atoms with E-state index < -0.39 is 0 Å². The molecule has 68 heavy (non-hydrogen) atoms. The molecule has 9 aromatic carbocycles. The van der Waals surface area contributed by atoms with Crippen LogP contribution in [0.2, 0.25) is 0 Å². The van der Waals surface area contributed by atoms with Gasteiger partial charge in [0.1, 0.15) is 0 Å². The van der Waals surface area contributed by atoms with Crippen molar-refractivity contribution in [2.75, 3.05) is 0 Å². The first-order valence-corrected chi connectivity index (χ1v) is 22.2. The Bertz CT molecular complexity index is 3950. The molecule has 0 aliphatic heterocycles. The monoisotopic (exact) mass is 865 g/mol. The highest BCUT2D eigenvalue weighted by atomic mass is 15.0. The highest BCUT2D eigenvalue weighted by Crippen LogP contribution is 2.38. The summed E-state index contributed by atoms with van der Waals surface area (Å²) in [5.74, 6) is 0.519. The van der Waals surface area contributed by atoms with Gasteiger partial charge in [-0.1, -0.05) is 115 Å². The molecule has 314 valence electrons. The van der Waals surface area contributed by atoms with Crippen molar-refractivity contribution in [1.29, 1.82) is 15.8 Å². The number of nitriles is 3. The van der Waals surface area contributed by atoms with Crippen LogP contribution in [0.3, 0.4) is 0 Å². The maximum atomic E-state index is 10.5. The Labute approximate surface area is 391 Å². The number of hydrogen-bond donors (Lipinski definition) is 0. The molecule has 12 aromatic rings. The second-order valence-corrected chi connectivity index (χ2v) is 16.8. The molecule has 0 saturated carbocycles. The predicted octanol–water partition coefficient (Wildman–Crippen LogP) is 14.6. The second-order valence-electron chi connectivity index (χ2n) is 16.8. The highest BCUT2D eigenvalue weighted by Gasteiger charge is 2.18. The number of aromatic nitrogens is 4. The van der Waals surface area contributed by atoms with Crippen LogP contribution in [-0.2, 0) is 0 Å². The number of rotatable bonds is 7. The molecule has 0 bridgehead atoms. The van der Waals surface area contributed by atoms with Crippen molar-refractivity contribution >= 4 is 43.6 Å². The van der Waals surface area contributed by atoms with Gasteiger partial charge in [-0.3, -0.25) is 0 Å². The van der Waals surface area contributed by atoms with E-state index in [1.165, 1.54) is 32.6 Å². The van der Waals surface area contributed by atoms with Gasteiger partial charge in [-0.05, 0) is 119 Å². The average molecular weight is 866 g/mol. The normalized spacial score (nSPS) is 11.2. The Balaban J connectivity index is 0.856. The number of fused-ring (bicyclic) bond motifs is 6. The van der Waals surface area contributed by atoms with Crippen molar-refractivity contribution in [3.05, 3.63) is 229 Å². The van der Waals surface area contributed by atoms with E-state index in [0.717, 1.165) is 67.0 Å². The Kier molecular flexibility index (Phi) is 9.51. The maximum Gasteiger partial charge on any atom is 0.160 e. The minimum Gasteiger partial charge on any atom is -0.309 e. The molecule has 0 fully saturated rings. The van der Waals surface area contributed by atoms with Crippen molar-refractivity contribution in [2.24, 2.45) is 0 Å². The van der Waals surface area contributed by atoms with E-state index in [4.69, 9.17) is 9.97 Å². The lowest BCUT2D eigenvalue weighted by Crippen LogP contribution is -1.96. The van der Waals surface area contributed by atoms with Crippen LogP contribution in [0.1, 0.15) is 16.7 Å². The summed E-state index contributed by atoms with van der Waals surface area (Å²) in [6.45, 7) is 0. The first-order valence-electron chi connectivity index (χ1n) is 22.2. The maximum absolute atomic E-state index is 10.5. The molecule has 7 heteroatoms. The summed E-state index contributed by atoms with van der Waals surface area (Å²) in [6.07, 6.45) is 0. The summed E-state index contributed by atoms with van der Waals surface area (Å²) < 4.78 is 4.70. The highest BCUT2D eigenvalue weighted by molar-refractivity contribution is 6.12. The third-order valence-electron chi connectivity index (χ3n) is 12.9. The third kappa shape index (κ3) is 6.74. The van der Waals surface area contributed by atoms with Crippen molar-refractivity contribution in [2.45, 2.75) is 0 Å². The molecular formula is C61H35N7. The largest absolute Gasteiger partial charge is 0.309 e. The zero-order valence-electron chi connectivity index (χ0n) is 36.3. The van der Waals surface area contributed by atoms with E-state index in [1.807, 2.05) is 66.7 Å². The molecule has 0 aliphatic carbocycles. The molecule has 3 aromatic heterocycles. The van der Waals surface area contributed by atoms with Crippen molar-refractivity contribution in [3.63, 3.8) is 0 Å². The summed E-state index contributed by atoms with van der Waals surface area (Å²) in [5, 5.41) is 34.1. The summed E-state index contributed by atoms with van der Waals surface area (Å²) in [4.78, 5) is 9.84. The molecule has 3 heterocycles. The van der Waals surface area contributed by atoms with Crippen LogP contribution >= 0.6 is 0 Å². The second kappa shape index (κ2) is 16.3. The van der Waals surface area contributed by atoms with Crippen LogP contribution in [0.5, 0.6) is 0 Å². The minimum atomic E-state index is 0.519. The number of para-hydroxylation sites is 3. The zero-order chi connectivity index (χ0) is 45.7. The molecule has 0 spiro atoms. The number of hydrogen-bond acceptors (Lipinski definition) is 5. The van der Waals surface area contributed by atoms with Crippen LogP contribution < -0.4 is 0 Å². The van der Waals surface area contributed by atoms with E-state index in [0.29, 0.717) is 28.2 Å². The first-order chi connectivity index (χ1) is 33.5. The van der Waals surface area contributed by atoms with E-state index >= 15 is 0 Å². The summed E-state index contributed by atoms with van der Waals surface area (Å²) in [5.41, 5.74) is 16.2. The molecule has 0 radical (unpaired) electrons. The van der Waals surface area contributed by atoms with Gasteiger partial charge in [0.2, 0.25) is 0 Å². The Morgan fingerprint density at radius 2 is 0.765 bits per heavy atom. The van der Waals surface area contributed by atoms with Crippen molar-refractivity contribution in [3.8, 4) is 85.7 Å². The van der Waals surface area contributed by atoms with Gasteiger partial charge in [-0.2, -0.15) is 15.8 Å². The Morgan fingerprint density at radius 1 is 0.324 bits per heavy atom. The van der Waals surface area contributed by atoms with Gasteiger partial charge in [-0.15, -0.1) is 0 Å². The van der Waals surface area contributed by atoms with Crippen molar-refractivity contribution in [1.82, 2.24) is 19.1 Å². The van der Waals surface area contributed by atoms with E-state index in [9.17, 15) is 15.8 Å². The first kappa shape index (κ1) is 39.7. The zero-order valence-corrected chi connectivity index (χ0v) is 36.3. The van der Waals surface area contributed by atoms with Crippen LogP contribution in [-0.4, -0.2) is 19.1 Å². The fraction of sp³-hybridized carbons (Fsp3) is 0. The van der Waals surface area contributed by atoms with Gasteiger partial charge in [0.15, 0.2) is 5.82 Å². The topological polar surface area (TPSA) is 107 Å². The molecule has 0 atom stereocenters. The molecular weight excluding hydrogens is 831 g/mol. The van der Waals surface area contributed by atoms with Gasteiger partial charge in [0.25, 0.3) is 0 Å². The van der Waals surface area contributed by atoms with Crippen molar-refractivity contribution < 1.29 is 0 Å². The minimum absolute atomic E-state index is 0.519.